The van der Waals surface area contributed by atoms with E-state index in [-0.39, 0.29) is 17.0 Å². The second-order valence-corrected chi connectivity index (χ2v) is 3.24. The smallest absolute Gasteiger partial charge is 0.293 e. The van der Waals surface area contributed by atoms with E-state index < -0.39 is 17.2 Å². The summed E-state index contributed by atoms with van der Waals surface area (Å²) in [7, 11) is 1.27. The van der Waals surface area contributed by atoms with Crippen LogP contribution in [-0.4, -0.2) is 17.1 Å². The van der Waals surface area contributed by atoms with Crippen LogP contribution in [0, 0.1) is 11.6 Å². The van der Waals surface area contributed by atoms with Crippen LogP contribution in [-0.2, 0) is 0 Å². The van der Waals surface area contributed by atoms with E-state index >= 15 is 0 Å². The number of ether oxygens (including phenoxy) is 1. The molecule has 2 rings (SSSR count). The molecule has 0 aliphatic carbocycles. The van der Waals surface area contributed by atoms with Crippen molar-refractivity contribution in [2.75, 3.05) is 7.11 Å². The Hall–Kier alpha value is -2.24. The number of nitrogens with one attached hydrogen (secondary N) is 1. The molecular weight excluding hydrogens is 230 g/mol. The molecule has 4 nitrogen and oxygen atoms in total. The van der Waals surface area contributed by atoms with E-state index in [0.29, 0.717) is 0 Å². The second kappa shape index (κ2) is 4.32. The van der Waals surface area contributed by atoms with Crippen molar-refractivity contribution in [2.24, 2.45) is 0 Å². The normalized spacial score (nSPS) is 10.3. The van der Waals surface area contributed by atoms with Crippen molar-refractivity contribution in [1.82, 2.24) is 9.97 Å². The predicted octanol–water partition coefficient (Wildman–Crippen LogP) is 1.72. The third kappa shape index (κ3) is 2.01. The van der Waals surface area contributed by atoms with Gasteiger partial charge in [0.1, 0.15) is 17.3 Å². The largest absolute Gasteiger partial charge is 0.490 e. The molecule has 0 amide bonds. The van der Waals surface area contributed by atoms with E-state index in [1.165, 1.54) is 13.2 Å². The Balaban J connectivity index is 2.68. The lowest BCUT2D eigenvalue weighted by molar-refractivity contribution is 0.407. The van der Waals surface area contributed by atoms with E-state index in [1.54, 1.807) is 0 Å². The Morgan fingerprint density at radius 2 is 2.12 bits per heavy atom. The van der Waals surface area contributed by atoms with E-state index in [2.05, 4.69) is 9.97 Å². The number of benzene rings is 1. The highest BCUT2D eigenvalue weighted by Gasteiger charge is 2.15. The number of aromatic nitrogens is 2. The van der Waals surface area contributed by atoms with Gasteiger partial charge < -0.3 is 9.72 Å². The van der Waals surface area contributed by atoms with Gasteiger partial charge in [-0.3, -0.25) is 4.79 Å². The number of H-pyrrole nitrogens is 1. The molecule has 0 fully saturated rings. The summed E-state index contributed by atoms with van der Waals surface area (Å²) in [6.07, 6.45) is 1.13. The minimum atomic E-state index is -0.804. The Labute approximate surface area is 94.9 Å². The summed E-state index contributed by atoms with van der Waals surface area (Å²) in [5.74, 6) is -1.62. The van der Waals surface area contributed by atoms with Crippen LogP contribution in [0.3, 0.4) is 0 Å². The standard InChI is InChI=1S/C11H8F2N2O2/c1-17-10-9(14-5-15-11(10)16)7-3-2-6(12)4-8(7)13/h2-5H,1H3,(H,14,15,16). The first-order chi connectivity index (χ1) is 8.13. The van der Waals surface area contributed by atoms with Gasteiger partial charge in [-0.25, -0.2) is 13.8 Å². The van der Waals surface area contributed by atoms with E-state index in [9.17, 15) is 13.6 Å². The zero-order valence-corrected chi connectivity index (χ0v) is 8.83. The molecule has 88 valence electrons. The average molecular weight is 238 g/mol. The molecular formula is C11H8F2N2O2. The van der Waals surface area contributed by atoms with Crippen molar-refractivity contribution in [2.45, 2.75) is 0 Å². The summed E-state index contributed by atoms with van der Waals surface area (Å²) in [5, 5.41) is 0. The molecule has 2 aromatic rings. The maximum Gasteiger partial charge on any atom is 0.293 e. The molecule has 17 heavy (non-hydrogen) atoms. The summed E-state index contributed by atoms with van der Waals surface area (Å²) in [5.41, 5.74) is -0.482. The molecule has 0 aliphatic rings. The van der Waals surface area contributed by atoms with Crippen molar-refractivity contribution >= 4 is 0 Å². The lowest BCUT2D eigenvalue weighted by Crippen LogP contribution is -2.11. The average Bonchev–Trinajstić information content (AvgIpc) is 2.29. The van der Waals surface area contributed by atoms with E-state index in [1.807, 2.05) is 0 Å². The molecule has 0 saturated carbocycles. The molecule has 1 aromatic carbocycles. The molecule has 0 saturated heterocycles. The zero-order chi connectivity index (χ0) is 12.4. The molecule has 0 atom stereocenters. The first-order valence-corrected chi connectivity index (χ1v) is 4.70. The second-order valence-electron chi connectivity index (χ2n) is 3.24. The van der Waals surface area contributed by atoms with Gasteiger partial charge in [0.15, 0.2) is 0 Å². The van der Waals surface area contributed by atoms with Gasteiger partial charge in [-0.2, -0.15) is 0 Å². The monoisotopic (exact) mass is 238 g/mol. The van der Waals surface area contributed by atoms with Crippen LogP contribution >= 0.6 is 0 Å². The van der Waals surface area contributed by atoms with Gasteiger partial charge in [0.05, 0.1) is 13.4 Å². The van der Waals surface area contributed by atoms with Crippen molar-refractivity contribution < 1.29 is 13.5 Å². The summed E-state index contributed by atoms with van der Waals surface area (Å²) in [6, 6.07) is 3.01. The molecule has 6 heteroatoms. The Kier molecular flexibility index (Phi) is 2.86. The fourth-order valence-corrected chi connectivity index (χ4v) is 1.45. The van der Waals surface area contributed by atoms with E-state index in [4.69, 9.17) is 4.74 Å². The number of hydrogen-bond acceptors (Lipinski definition) is 3. The van der Waals surface area contributed by atoms with Gasteiger partial charge >= 0.3 is 0 Å². The highest BCUT2D eigenvalue weighted by atomic mass is 19.1. The zero-order valence-electron chi connectivity index (χ0n) is 8.83. The lowest BCUT2D eigenvalue weighted by atomic mass is 10.1. The number of aromatic amines is 1. The number of halogens is 2. The van der Waals surface area contributed by atoms with E-state index in [0.717, 1.165) is 18.5 Å². The van der Waals surface area contributed by atoms with Gasteiger partial charge in [0.25, 0.3) is 5.56 Å². The van der Waals surface area contributed by atoms with Crippen LogP contribution in [0.1, 0.15) is 0 Å². The van der Waals surface area contributed by atoms with Crippen LogP contribution in [0.5, 0.6) is 5.75 Å². The Morgan fingerprint density at radius 3 is 2.76 bits per heavy atom. The van der Waals surface area contributed by atoms with Crippen molar-refractivity contribution in [3.05, 3.63) is 46.5 Å². The molecule has 0 unspecified atom stereocenters. The third-order valence-corrected chi connectivity index (χ3v) is 2.20. The molecule has 0 radical (unpaired) electrons. The summed E-state index contributed by atoms with van der Waals surface area (Å²) in [6.45, 7) is 0. The molecule has 0 bridgehead atoms. The van der Waals surface area contributed by atoms with Crippen molar-refractivity contribution in [3.8, 4) is 17.0 Å². The third-order valence-electron chi connectivity index (χ3n) is 2.20. The SMILES string of the molecule is COc1c(-c2ccc(F)cc2F)nc[nH]c1=O. The van der Waals surface area contributed by atoms with Crippen LogP contribution in [0.2, 0.25) is 0 Å². The highest BCUT2D eigenvalue weighted by molar-refractivity contribution is 5.65. The van der Waals surface area contributed by atoms with Gasteiger partial charge in [0, 0.05) is 11.6 Å². The summed E-state index contributed by atoms with van der Waals surface area (Å²) < 4.78 is 31.2. The molecule has 1 N–H and O–H groups in total. The van der Waals surface area contributed by atoms with Crippen LogP contribution in [0.25, 0.3) is 11.3 Å². The quantitative estimate of drug-likeness (QED) is 0.866. The van der Waals surface area contributed by atoms with Gasteiger partial charge in [-0.05, 0) is 12.1 Å². The van der Waals surface area contributed by atoms with Crippen LogP contribution in [0.4, 0.5) is 8.78 Å². The minimum Gasteiger partial charge on any atom is -0.490 e. The summed E-state index contributed by atoms with van der Waals surface area (Å²) in [4.78, 5) is 17.5. The number of methoxy groups -OCH3 is 1. The van der Waals surface area contributed by atoms with Crippen LogP contribution in [0.15, 0.2) is 29.3 Å². The molecule has 1 aromatic heterocycles. The van der Waals surface area contributed by atoms with Crippen molar-refractivity contribution in [3.63, 3.8) is 0 Å². The predicted molar refractivity (Wildman–Crippen MR) is 56.8 cm³/mol. The molecule has 0 spiro atoms. The number of hydrogen-bond donors (Lipinski definition) is 1. The summed E-state index contributed by atoms with van der Waals surface area (Å²) >= 11 is 0. The maximum atomic E-state index is 13.5. The fraction of sp³-hybridized carbons (Fsp3) is 0.0909. The van der Waals surface area contributed by atoms with Crippen molar-refractivity contribution in [1.29, 1.82) is 0 Å². The molecule has 0 aliphatic heterocycles. The highest BCUT2D eigenvalue weighted by Crippen LogP contribution is 2.26. The Bertz CT molecular complexity index is 611. The maximum absolute atomic E-state index is 13.5. The lowest BCUT2D eigenvalue weighted by Gasteiger charge is -2.06. The van der Waals surface area contributed by atoms with Gasteiger partial charge in [-0.15, -0.1) is 0 Å². The number of rotatable bonds is 2. The number of nitrogens with zero attached hydrogens (tertiary/aromatic N) is 1. The molecule has 1 heterocycles. The van der Waals surface area contributed by atoms with Gasteiger partial charge in [0.2, 0.25) is 5.75 Å². The first kappa shape index (κ1) is 11.3. The fourth-order valence-electron chi connectivity index (χ4n) is 1.45. The Morgan fingerprint density at radius 1 is 1.35 bits per heavy atom. The topological polar surface area (TPSA) is 55.0 Å². The van der Waals surface area contributed by atoms with Crippen LogP contribution < -0.4 is 10.3 Å². The van der Waals surface area contributed by atoms with Gasteiger partial charge in [-0.1, -0.05) is 0 Å². The first-order valence-electron chi connectivity index (χ1n) is 4.70. The minimum absolute atomic E-state index is 0.00866.